The van der Waals surface area contributed by atoms with Crippen molar-refractivity contribution < 1.29 is 64.6 Å². The first-order chi connectivity index (χ1) is 43.1. The Morgan fingerprint density at radius 3 is 1.15 bits per heavy atom. The van der Waals surface area contributed by atoms with Crippen molar-refractivity contribution in [3.05, 3.63) is 36.5 Å². The highest BCUT2D eigenvalue weighted by Crippen LogP contribution is 2.30. The summed E-state index contributed by atoms with van der Waals surface area (Å²) in [7, 11) is 0. The van der Waals surface area contributed by atoms with Crippen LogP contribution in [0.3, 0.4) is 0 Å². The van der Waals surface area contributed by atoms with Gasteiger partial charge in [0.1, 0.15) is 48.8 Å². The predicted octanol–water partition coefficient (Wildman–Crippen LogP) is 15.7. The number of amides is 1. The van der Waals surface area contributed by atoms with Crippen molar-refractivity contribution >= 4 is 5.91 Å². The van der Waals surface area contributed by atoms with Crippen LogP contribution in [-0.2, 0) is 23.7 Å². The number of unbranched alkanes of at least 4 members (excludes halogenated alkanes) is 43. The summed E-state index contributed by atoms with van der Waals surface area (Å²) in [6.45, 7) is 2.88. The van der Waals surface area contributed by atoms with Crippen molar-refractivity contribution in [2.75, 3.05) is 19.8 Å². The predicted molar refractivity (Wildman–Crippen MR) is 360 cm³/mol. The molecular weight excluding hydrogens is 1110 g/mol. The number of ether oxygens (including phenoxy) is 4. The molecule has 0 aromatic carbocycles. The molecule has 0 aliphatic carbocycles. The number of allylic oxidation sites excluding steroid dienone is 6. The molecular formula is C74H139NO13. The van der Waals surface area contributed by atoms with E-state index in [1.165, 1.54) is 244 Å². The summed E-state index contributed by atoms with van der Waals surface area (Å²) in [6.07, 6.45) is 59.2. The number of carbonyl (C=O) groups is 1. The fourth-order valence-electron chi connectivity index (χ4n) is 12.4. The lowest BCUT2D eigenvalue weighted by atomic mass is 9.97. The van der Waals surface area contributed by atoms with Crippen molar-refractivity contribution in [2.45, 2.75) is 408 Å². The van der Waals surface area contributed by atoms with Gasteiger partial charge in [-0.05, 0) is 51.4 Å². The van der Waals surface area contributed by atoms with E-state index in [2.05, 4.69) is 55.6 Å². The molecule has 518 valence electrons. The molecule has 2 aliphatic rings. The molecule has 0 saturated carbocycles. The van der Waals surface area contributed by atoms with E-state index in [4.69, 9.17) is 18.9 Å². The van der Waals surface area contributed by atoms with Crippen LogP contribution < -0.4 is 5.32 Å². The van der Waals surface area contributed by atoms with Gasteiger partial charge in [-0.1, -0.05) is 314 Å². The van der Waals surface area contributed by atoms with E-state index in [1.807, 2.05) is 0 Å². The van der Waals surface area contributed by atoms with Gasteiger partial charge in [0.2, 0.25) is 5.91 Å². The van der Waals surface area contributed by atoms with Gasteiger partial charge in [-0.25, -0.2) is 0 Å². The van der Waals surface area contributed by atoms with Crippen LogP contribution in [0.25, 0.3) is 0 Å². The zero-order chi connectivity index (χ0) is 63.8. The monoisotopic (exact) mass is 1250 g/mol. The first kappa shape index (κ1) is 82.3. The Labute approximate surface area is 538 Å². The highest BCUT2D eigenvalue weighted by molar-refractivity contribution is 5.76. The van der Waals surface area contributed by atoms with Gasteiger partial charge in [-0.15, -0.1) is 0 Å². The van der Waals surface area contributed by atoms with E-state index < -0.39 is 86.8 Å². The number of aliphatic hydroxyl groups is 8. The average molecular weight is 1250 g/mol. The van der Waals surface area contributed by atoms with Gasteiger partial charge in [-0.3, -0.25) is 4.79 Å². The molecule has 88 heavy (non-hydrogen) atoms. The summed E-state index contributed by atoms with van der Waals surface area (Å²) in [5.74, 6) is -0.201. The molecule has 0 bridgehead atoms. The van der Waals surface area contributed by atoms with Crippen LogP contribution in [0.2, 0.25) is 0 Å². The second kappa shape index (κ2) is 59.0. The molecule has 2 heterocycles. The quantitative estimate of drug-likeness (QED) is 0.0204. The van der Waals surface area contributed by atoms with Crippen LogP contribution in [-0.4, -0.2) is 140 Å². The molecule has 0 aromatic rings. The second-order valence-electron chi connectivity index (χ2n) is 26.4. The Morgan fingerprint density at radius 1 is 0.409 bits per heavy atom. The van der Waals surface area contributed by atoms with Gasteiger partial charge >= 0.3 is 0 Å². The number of nitrogens with one attached hydrogen (secondary N) is 1. The highest BCUT2D eigenvalue weighted by Gasteiger charge is 2.51. The lowest BCUT2D eigenvalue weighted by Crippen LogP contribution is -2.65. The molecule has 2 saturated heterocycles. The van der Waals surface area contributed by atoms with Crippen LogP contribution in [0.4, 0.5) is 0 Å². The summed E-state index contributed by atoms with van der Waals surface area (Å²) < 4.78 is 22.9. The van der Waals surface area contributed by atoms with Crippen molar-refractivity contribution in [1.82, 2.24) is 5.32 Å². The number of carbonyl (C=O) groups excluding carboxylic acids is 1. The first-order valence-electron chi connectivity index (χ1n) is 37.2. The zero-order valence-corrected chi connectivity index (χ0v) is 56.5. The Hall–Kier alpha value is -1.79. The molecule has 9 N–H and O–H groups in total. The number of hydrogen-bond acceptors (Lipinski definition) is 13. The van der Waals surface area contributed by atoms with E-state index in [-0.39, 0.29) is 12.5 Å². The van der Waals surface area contributed by atoms with Gasteiger partial charge in [0.05, 0.1) is 32.0 Å². The van der Waals surface area contributed by atoms with Crippen molar-refractivity contribution in [1.29, 1.82) is 0 Å². The van der Waals surface area contributed by atoms with E-state index in [0.29, 0.717) is 12.8 Å². The SMILES string of the molecule is CCCCCCC/C=C\C/C=C\C/C=C\CCCCCCCCCCCCCCCCCCCCCCCCCCCCC(=O)NC(COC1OC(CO)C(OC2OC(CO)C(O)C(O)C2O)C(O)C1O)C(O)CCCCCCCCCCCCCCC. The summed E-state index contributed by atoms with van der Waals surface area (Å²) in [5, 5.41) is 87.4. The highest BCUT2D eigenvalue weighted by atomic mass is 16.7. The molecule has 12 atom stereocenters. The average Bonchev–Trinajstić information content (AvgIpc) is 2.45. The van der Waals surface area contributed by atoms with Crippen molar-refractivity contribution in [2.24, 2.45) is 0 Å². The molecule has 14 heteroatoms. The minimum atomic E-state index is -1.78. The number of hydrogen-bond donors (Lipinski definition) is 9. The molecule has 2 fully saturated rings. The Balaban J connectivity index is 1.52. The fourth-order valence-corrected chi connectivity index (χ4v) is 12.4. The molecule has 1 amide bonds. The third kappa shape index (κ3) is 42.4. The van der Waals surface area contributed by atoms with E-state index in [9.17, 15) is 45.6 Å². The minimum Gasteiger partial charge on any atom is -0.394 e. The maximum Gasteiger partial charge on any atom is 0.220 e. The Kier molecular flexibility index (Phi) is 55.2. The second-order valence-corrected chi connectivity index (χ2v) is 26.4. The van der Waals surface area contributed by atoms with Crippen LogP contribution >= 0.6 is 0 Å². The molecule has 0 radical (unpaired) electrons. The third-order valence-corrected chi connectivity index (χ3v) is 18.4. The van der Waals surface area contributed by atoms with Crippen molar-refractivity contribution in [3.63, 3.8) is 0 Å². The minimum absolute atomic E-state index is 0.201. The van der Waals surface area contributed by atoms with E-state index in [0.717, 1.165) is 64.2 Å². The van der Waals surface area contributed by atoms with Gasteiger partial charge < -0.3 is 65.1 Å². The lowest BCUT2D eigenvalue weighted by molar-refractivity contribution is -0.359. The lowest BCUT2D eigenvalue weighted by Gasteiger charge is -2.46. The van der Waals surface area contributed by atoms with Gasteiger partial charge in [0.15, 0.2) is 12.6 Å². The normalized spacial score (nSPS) is 23.3. The molecule has 14 nitrogen and oxygen atoms in total. The molecule has 2 rings (SSSR count). The Morgan fingerprint density at radius 2 is 0.750 bits per heavy atom. The number of rotatable bonds is 62. The van der Waals surface area contributed by atoms with E-state index in [1.54, 1.807) is 0 Å². The maximum absolute atomic E-state index is 13.3. The summed E-state index contributed by atoms with van der Waals surface area (Å²) >= 11 is 0. The smallest absolute Gasteiger partial charge is 0.220 e. The largest absolute Gasteiger partial charge is 0.394 e. The number of aliphatic hydroxyl groups excluding tert-OH is 8. The molecule has 0 spiro atoms. The van der Waals surface area contributed by atoms with Crippen LogP contribution in [0.1, 0.15) is 335 Å². The third-order valence-electron chi connectivity index (χ3n) is 18.4. The fraction of sp³-hybridized carbons (Fsp3) is 0.905. The molecule has 2 aliphatic heterocycles. The van der Waals surface area contributed by atoms with Gasteiger partial charge in [-0.2, -0.15) is 0 Å². The van der Waals surface area contributed by atoms with Gasteiger partial charge in [0, 0.05) is 6.42 Å². The maximum atomic E-state index is 13.3. The van der Waals surface area contributed by atoms with Gasteiger partial charge in [0.25, 0.3) is 0 Å². The van der Waals surface area contributed by atoms with E-state index >= 15 is 0 Å². The summed E-state index contributed by atoms with van der Waals surface area (Å²) in [6, 6.07) is -0.826. The molecule has 12 unspecified atom stereocenters. The topological polar surface area (TPSA) is 228 Å². The van der Waals surface area contributed by atoms with Crippen LogP contribution in [0.15, 0.2) is 36.5 Å². The summed E-state index contributed by atoms with van der Waals surface area (Å²) in [5.41, 5.74) is 0. The molecule has 0 aromatic heterocycles. The van der Waals surface area contributed by atoms with Crippen molar-refractivity contribution in [3.8, 4) is 0 Å². The Bertz CT molecular complexity index is 1620. The standard InChI is InChI=1S/C74H139NO13/c1-3-5-7-9-11-13-15-17-18-19-20-21-22-23-24-25-26-27-28-29-30-31-32-33-34-35-36-37-38-39-40-41-42-43-44-46-48-50-52-54-56-58-66(79)75-62(63(78)57-55-53-51-49-47-45-16-14-12-10-8-6-4-2)61-85-73-71(84)69(82)72(65(60-77)87-73)88-74-70(83)68(81)67(80)64(59-76)86-74/h15,17,19-20,22-23,62-65,67-74,76-78,80-84H,3-14,16,18,21,24-61H2,1-2H3,(H,75,79)/b17-15-,20-19-,23-22-. The van der Waals surface area contributed by atoms with Crippen LogP contribution in [0, 0.1) is 0 Å². The summed E-state index contributed by atoms with van der Waals surface area (Å²) in [4.78, 5) is 13.3. The zero-order valence-electron chi connectivity index (χ0n) is 56.5. The first-order valence-corrected chi connectivity index (χ1v) is 37.2. The van der Waals surface area contributed by atoms with Crippen LogP contribution in [0.5, 0.6) is 0 Å².